The van der Waals surface area contributed by atoms with Gasteiger partial charge in [-0.1, -0.05) is 15.9 Å². The van der Waals surface area contributed by atoms with Gasteiger partial charge < -0.3 is 9.64 Å². The number of Topliss-reactive ketones (excluding diaryl/α,β-unsaturated/α-hetero) is 1. The maximum atomic E-state index is 11.8. The summed E-state index contributed by atoms with van der Waals surface area (Å²) in [6.45, 7) is 5.37. The Balaban J connectivity index is 2.10. The molecule has 21 heavy (non-hydrogen) atoms. The van der Waals surface area contributed by atoms with E-state index in [4.69, 9.17) is 4.74 Å². The van der Waals surface area contributed by atoms with Crippen LogP contribution in [0, 0.1) is 5.92 Å². The average molecular weight is 354 g/mol. The molecule has 0 unspecified atom stereocenters. The monoisotopic (exact) mass is 353 g/mol. The molecule has 1 aromatic rings. The molecule has 0 bridgehead atoms. The van der Waals surface area contributed by atoms with Crippen molar-refractivity contribution in [2.45, 2.75) is 26.7 Å². The fourth-order valence-corrected chi connectivity index (χ4v) is 3.03. The molecule has 1 aliphatic rings. The molecule has 1 aliphatic heterocycles. The molecule has 1 aromatic carbocycles. The smallest absolute Gasteiger partial charge is 0.309 e. The lowest BCUT2D eigenvalue weighted by molar-refractivity contribution is -0.148. The number of hydrogen-bond acceptors (Lipinski definition) is 4. The van der Waals surface area contributed by atoms with Gasteiger partial charge in [-0.3, -0.25) is 9.59 Å². The van der Waals surface area contributed by atoms with E-state index < -0.39 is 0 Å². The molecule has 1 fully saturated rings. The predicted octanol–water partition coefficient (Wildman–Crippen LogP) is 3.43. The maximum absolute atomic E-state index is 11.8. The van der Waals surface area contributed by atoms with Gasteiger partial charge in [0.25, 0.3) is 0 Å². The standard InChI is InChI=1S/C16H20BrNO3/c1-3-21-16(20)12-6-8-18(9-7-12)15-10-13(17)4-5-14(15)11(2)19/h4-5,10,12H,3,6-9H2,1-2H3. The number of halogens is 1. The number of ether oxygens (including phenoxy) is 1. The van der Waals surface area contributed by atoms with Crippen LogP contribution in [0.25, 0.3) is 0 Å². The van der Waals surface area contributed by atoms with Gasteiger partial charge in [-0.15, -0.1) is 0 Å². The third-order valence-corrected chi connectivity index (χ3v) is 4.29. The van der Waals surface area contributed by atoms with Crippen LogP contribution in [0.1, 0.15) is 37.0 Å². The normalized spacial score (nSPS) is 15.9. The molecule has 0 atom stereocenters. The zero-order valence-electron chi connectivity index (χ0n) is 12.4. The Morgan fingerprint density at radius 2 is 2.00 bits per heavy atom. The van der Waals surface area contributed by atoms with E-state index in [1.54, 1.807) is 6.92 Å². The number of rotatable bonds is 4. The summed E-state index contributed by atoms with van der Waals surface area (Å²) in [7, 11) is 0. The lowest BCUT2D eigenvalue weighted by atomic mass is 9.95. The number of benzene rings is 1. The van der Waals surface area contributed by atoms with Crippen LogP contribution in [0.5, 0.6) is 0 Å². The van der Waals surface area contributed by atoms with Gasteiger partial charge in [0.15, 0.2) is 5.78 Å². The molecule has 0 aliphatic carbocycles. The minimum atomic E-state index is -0.0989. The fourth-order valence-electron chi connectivity index (χ4n) is 2.68. The van der Waals surface area contributed by atoms with Crippen molar-refractivity contribution >= 4 is 33.4 Å². The molecule has 0 saturated carbocycles. The molecule has 2 rings (SSSR count). The van der Waals surface area contributed by atoms with E-state index in [9.17, 15) is 9.59 Å². The zero-order chi connectivity index (χ0) is 15.4. The number of piperidine rings is 1. The first kappa shape index (κ1) is 16.0. The number of carbonyl (C=O) groups excluding carboxylic acids is 2. The second-order valence-electron chi connectivity index (χ2n) is 5.23. The zero-order valence-corrected chi connectivity index (χ0v) is 14.0. The van der Waals surface area contributed by atoms with E-state index >= 15 is 0 Å². The van der Waals surface area contributed by atoms with Gasteiger partial charge in [-0.25, -0.2) is 0 Å². The van der Waals surface area contributed by atoms with Crippen LogP contribution in [0.2, 0.25) is 0 Å². The molecular weight excluding hydrogens is 334 g/mol. The van der Waals surface area contributed by atoms with E-state index in [0.717, 1.165) is 41.7 Å². The van der Waals surface area contributed by atoms with Crippen molar-refractivity contribution in [1.82, 2.24) is 0 Å². The number of hydrogen-bond donors (Lipinski definition) is 0. The van der Waals surface area contributed by atoms with E-state index in [1.807, 2.05) is 25.1 Å². The van der Waals surface area contributed by atoms with Crippen LogP contribution in [-0.2, 0) is 9.53 Å². The number of carbonyl (C=O) groups is 2. The highest BCUT2D eigenvalue weighted by Crippen LogP contribution is 2.30. The van der Waals surface area contributed by atoms with Gasteiger partial charge >= 0.3 is 5.97 Å². The van der Waals surface area contributed by atoms with E-state index in [-0.39, 0.29) is 17.7 Å². The summed E-state index contributed by atoms with van der Waals surface area (Å²) in [6.07, 6.45) is 1.53. The third kappa shape index (κ3) is 3.84. The Bertz CT molecular complexity index is 536. The van der Waals surface area contributed by atoms with Crippen LogP contribution >= 0.6 is 15.9 Å². The highest BCUT2D eigenvalue weighted by atomic mass is 79.9. The molecule has 0 N–H and O–H groups in total. The molecule has 0 amide bonds. The molecule has 4 nitrogen and oxygen atoms in total. The number of ketones is 1. The van der Waals surface area contributed by atoms with Gasteiger partial charge in [-0.05, 0) is 44.9 Å². The first-order valence-electron chi connectivity index (χ1n) is 7.25. The Morgan fingerprint density at radius 1 is 1.33 bits per heavy atom. The molecule has 0 radical (unpaired) electrons. The topological polar surface area (TPSA) is 46.6 Å². The first-order valence-corrected chi connectivity index (χ1v) is 8.04. The van der Waals surface area contributed by atoms with Crippen molar-refractivity contribution < 1.29 is 14.3 Å². The minimum Gasteiger partial charge on any atom is -0.466 e. The molecular formula is C16H20BrNO3. The van der Waals surface area contributed by atoms with Crippen molar-refractivity contribution in [2.75, 3.05) is 24.6 Å². The van der Waals surface area contributed by atoms with E-state index in [1.165, 1.54) is 0 Å². The number of esters is 1. The summed E-state index contributed by atoms with van der Waals surface area (Å²) in [5.74, 6) is -0.0580. The van der Waals surface area contributed by atoms with Gasteiger partial charge in [0.2, 0.25) is 0 Å². The predicted molar refractivity (Wildman–Crippen MR) is 85.7 cm³/mol. The average Bonchev–Trinajstić information content (AvgIpc) is 2.47. The maximum Gasteiger partial charge on any atom is 0.309 e. The SMILES string of the molecule is CCOC(=O)C1CCN(c2cc(Br)ccc2C(C)=O)CC1. The van der Waals surface area contributed by atoms with E-state index in [2.05, 4.69) is 20.8 Å². The lowest BCUT2D eigenvalue weighted by Crippen LogP contribution is -2.37. The Labute approximate surface area is 133 Å². The minimum absolute atomic E-state index is 0.0193. The van der Waals surface area contributed by atoms with Crippen LogP contribution < -0.4 is 4.90 Å². The second-order valence-corrected chi connectivity index (χ2v) is 6.15. The quantitative estimate of drug-likeness (QED) is 0.614. The fraction of sp³-hybridized carbons (Fsp3) is 0.500. The third-order valence-electron chi connectivity index (χ3n) is 3.79. The van der Waals surface area contributed by atoms with Gasteiger partial charge in [0.05, 0.1) is 12.5 Å². The largest absolute Gasteiger partial charge is 0.466 e. The van der Waals surface area contributed by atoms with Gasteiger partial charge in [0, 0.05) is 28.8 Å². The van der Waals surface area contributed by atoms with Crippen molar-refractivity contribution in [1.29, 1.82) is 0 Å². The summed E-state index contributed by atoms with van der Waals surface area (Å²) in [4.78, 5) is 25.7. The molecule has 5 heteroatoms. The molecule has 1 saturated heterocycles. The Morgan fingerprint density at radius 3 is 2.57 bits per heavy atom. The van der Waals surface area contributed by atoms with Crippen molar-refractivity contribution in [2.24, 2.45) is 5.92 Å². The molecule has 114 valence electrons. The summed E-state index contributed by atoms with van der Waals surface area (Å²) in [5.41, 5.74) is 1.67. The van der Waals surface area contributed by atoms with Crippen molar-refractivity contribution in [3.05, 3.63) is 28.2 Å². The van der Waals surface area contributed by atoms with E-state index in [0.29, 0.717) is 6.61 Å². The molecule has 1 heterocycles. The van der Waals surface area contributed by atoms with Gasteiger partial charge in [-0.2, -0.15) is 0 Å². The number of anilines is 1. The Kier molecular flexibility index (Phi) is 5.39. The lowest BCUT2D eigenvalue weighted by Gasteiger charge is -2.33. The highest BCUT2D eigenvalue weighted by molar-refractivity contribution is 9.10. The summed E-state index contributed by atoms with van der Waals surface area (Å²) >= 11 is 3.46. The van der Waals surface area contributed by atoms with Crippen LogP contribution in [0.3, 0.4) is 0 Å². The summed E-state index contributed by atoms with van der Waals surface area (Å²) in [5, 5.41) is 0. The van der Waals surface area contributed by atoms with Crippen LogP contribution in [0.15, 0.2) is 22.7 Å². The van der Waals surface area contributed by atoms with Crippen molar-refractivity contribution in [3.63, 3.8) is 0 Å². The highest BCUT2D eigenvalue weighted by Gasteiger charge is 2.27. The second kappa shape index (κ2) is 7.07. The van der Waals surface area contributed by atoms with Crippen LogP contribution in [0.4, 0.5) is 5.69 Å². The number of nitrogens with zero attached hydrogens (tertiary/aromatic N) is 1. The summed E-state index contributed by atoms with van der Waals surface area (Å²) < 4.78 is 6.04. The Hall–Kier alpha value is -1.36. The summed E-state index contributed by atoms with van der Waals surface area (Å²) in [6, 6.07) is 5.70. The van der Waals surface area contributed by atoms with Crippen LogP contribution in [-0.4, -0.2) is 31.4 Å². The van der Waals surface area contributed by atoms with Gasteiger partial charge in [0.1, 0.15) is 0 Å². The molecule has 0 aromatic heterocycles. The first-order chi connectivity index (χ1) is 10.0. The molecule has 0 spiro atoms. The van der Waals surface area contributed by atoms with Crippen molar-refractivity contribution in [3.8, 4) is 0 Å².